The average Bonchev–Trinajstić information content (AvgIpc) is 2.48. The van der Waals surface area contributed by atoms with E-state index in [-0.39, 0.29) is 0 Å². The van der Waals surface area contributed by atoms with Gasteiger partial charge in [0.25, 0.3) is 0 Å². The smallest absolute Gasteiger partial charge is 0.161 e. The van der Waals surface area contributed by atoms with Gasteiger partial charge < -0.3 is 9.47 Å². The van der Waals surface area contributed by atoms with E-state index < -0.39 is 0 Å². The molecule has 0 saturated heterocycles. The van der Waals surface area contributed by atoms with Crippen LogP contribution in [0.25, 0.3) is 11.3 Å². The molecular weight excluding hydrogens is 288 g/mol. The summed E-state index contributed by atoms with van der Waals surface area (Å²) in [4.78, 5) is 8.69. The Kier molecular flexibility index (Phi) is 5.39. The Hall–Kier alpha value is -1.81. The minimum Gasteiger partial charge on any atom is -0.490 e. The molecule has 0 aliphatic rings. The molecule has 112 valence electrons. The Balaban J connectivity index is 2.44. The molecule has 0 aliphatic heterocycles. The fraction of sp³-hybridized carbons (Fsp3) is 0.375. The molecular formula is C16H19ClN2O2. The normalized spacial score (nSPS) is 10.5. The summed E-state index contributed by atoms with van der Waals surface area (Å²) in [6, 6.07) is 7.52. The molecule has 0 amide bonds. The summed E-state index contributed by atoms with van der Waals surface area (Å²) in [5, 5.41) is 0.448. The van der Waals surface area contributed by atoms with Gasteiger partial charge in [-0.1, -0.05) is 18.5 Å². The van der Waals surface area contributed by atoms with Crippen LogP contribution in [0.5, 0.6) is 11.5 Å². The minimum atomic E-state index is 0.448. The third-order valence-corrected chi connectivity index (χ3v) is 3.09. The lowest BCUT2D eigenvalue weighted by Gasteiger charge is -2.12. The van der Waals surface area contributed by atoms with Crippen molar-refractivity contribution < 1.29 is 9.47 Å². The van der Waals surface area contributed by atoms with Crippen molar-refractivity contribution in [3.63, 3.8) is 0 Å². The van der Waals surface area contributed by atoms with E-state index in [4.69, 9.17) is 21.1 Å². The summed E-state index contributed by atoms with van der Waals surface area (Å²) in [5.41, 5.74) is 1.72. The van der Waals surface area contributed by atoms with Crippen LogP contribution in [0.2, 0.25) is 5.15 Å². The predicted molar refractivity (Wildman–Crippen MR) is 84.2 cm³/mol. The second-order valence-corrected chi connectivity index (χ2v) is 4.76. The maximum Gasteiger partial charge on any atom is 0.161 e. The zero-order valence-corrected chi connectivity index (χ0v) is 13.3. The second-order valence-electron chi connectivity index (χ2n) is 4.37. The Morgan fingerprint density at radius 1 is 0.952 bits per heavy atom. The Bertz CT molecular complexity index is 617. The van der Waals surface area contributed by atoms with Gasteiger partial charge in [-0.05, 0) is 32.0 Å². The van der Waals surface area contributed by atoms with Gasteiger partial charge in [-0.3, -0.25) is 0 Å². The number of hydrogen-bond acceptors (Lipinski definition) is 4. The van der Waals surface area contributed by atoms with Crippen LogP contribution in [-0.2, 0) is 6.42 Å². The molecule has 2 aromatic rings. The van der Waals surface area contributed by atoms with Crippen molar-refractivity contribution in [2.24, 2.45) is 0 Å². The highest BCUT2D eigenvalue weighted by Gasteiger charge is 2.10. The maximum atomic E-state index is 6.05. The monoisotopic (exact) mass is 306 g/mol. The molecule has 21 heavy (non-hydrogen) atoms. The van der Waals surface area contributed by atoms with Gasteiger partial charge in [0.15, 0.2) is 11.5 Å². The van der Waals surface area contributed by atoms with Gasteiger partial charge in [-0.25, -0.2) is 9.97 Å². The van der Waals surface area contributed by atoms with Crippen molar-refractivity contribution in [3.8, 4) is 22.8 Å². The summed E-state index contributed by atoms with van der Waals surface area (Å²) in [7, 11) is 0. The quantitative estimate of drug-likeness (QED) is 0.752. The fourth-order valence-electron chi connectivity index (χ4n) is 1.98. The van der Waals surface area contributed by atoms with Crippen LogP contribution < -0.4 is 9.47 Å². The Labute approximate surface area is 130 Å². The van der Waals surface area contributed by atoms with Gasteiger partial charge in [-0.2, -0.15) is 0 Å². The van der Waals surface area contributed by atoms with Crippen molar-refractivity contribution in [1.82, 2.24) is 9.97 Å². The lowest BCUT2D eigenvalue weighted by Crippen LogP contribution is -1.99. The van der Waals surface area contributed by atoms with Gasteiger partial charge in [-0.15, -0.1) is 0 Å². The SMILES string of the molecule is CCOc1ccc(-c2cc(Cl)nc(CC)n2)cc1OCC. The van der Waals surface area contributed by atoms with Crippen molar-refractivity contribution in [2.75, 3.05) is 13.2 Å². The predicted octanol–water partition coefficient (Wildman–Crippen LogP) is 4.16. The van der Waals surface area contributed by atoms with Crippen molar-refractivity contribution in [3.05, 3.63) is 35.2 Å². The summed E-state index contributed by atoms with van der Waals surface area (Å²) in [6.45, 7) is 7.06. The van der Waals surface area contributed by atoms with Gasteiger partial charge in [0.2, 0.25) is 0 Å². The van der Waals surface area contributed by atoms with Crippen LogP contribution >= 0.6 is 11.6 Å². The van der Waals surface area contributed by atoms with Gasteiger partial charge in [0.1, 0.15) is 11.0 Å². The lowest BCUT2D eigenvalue weighted by atomic mass is 10.1. The fourth-order valence-corrected chi connectivity index (χ4v) is 2.18. The number of rotatable bonds is 6. The molecule has 0 atom stereocenters. The first kappa shape index (κ1) is 15.6. The molecule has 5 heteroatoms. The minimum absolute atomic E-state index is 0.448. The molecule has 1 heterocycles. The standard InChI is InChI=1S/C16H19ClN2O2/c1-4-16-18-12(10-15(17)19-16)11-7-8-13(20-5-2)14(9-11)21-6-3/h7-10H,4-6H2,1-3H3. The topological polar surface area (TPSA) is 44.2 Å². The van der Waals surface area contributed by atoms with Crippen molar-refractivity contribution in [2.45, 2.75) is 27.2 Å². The third kappa shape index (κ3) is 3.85. The molecule has 0 spiro atoms. The van der Waals surface area contributed by atoms with Crippen molar-refractivity contribution in [1.29, 1.82) is 0 Å². The van der Waals surface area contributed by atoms with Crippen LogP contribution in [0.4, 0.5) is 0 Å². The number of aromatic nitrogens is 2. The third-order valence-electron chi connectivity index (χ3n) is 2.90. The first-order valence-electron chi connectivity index (χ1n) is 7.11. The lowest BCUT2D eigenvalue weighted by molar-refractivity contribution is 0.288. The highest BCUT2D eigenvalue weighted by Crippen LogP contribution is 2.32. The van der Waals surface area contributed by atoms with E-state index in [0.29, 0.717) is 24.1 Å². The molecule has 2 rings (SSSR count). The number of ether oxygens (including phenoxy) is 2. The van der Waals surface area contributed by atoms with E-state index in [1.807, 2.05) is 39.0 Å². The number of nitrogens with zero attached hydrogens (tertiary/aromatic N) is 2. The molecule has 0 saturated carbocycles. The summed E-state index contributed by atoms with van der Waals surface area (Å²) < 4.78 is 11.2. The Morgan fingerprint density at radius 3 is 2.33 bits per heavy atom. The van der Waals surface area contributed by atoms with Gasteiger partial charge in [0, 0.05) is 18.1 Å². The second kappa shape index (κ2) is 7.27. The molecule has 0 aliphatic carbocycles. The Morgan fingerprint density at radius 2 is 1.67 bits per heavy atom. The average molecular weight is 307 g/mol. The first-order valence-corrected chi connectivity index (χ1v) is 7.49. The molecule has 0 unspecified atom stereocenters. The van der Waals surface area contributed by atoms with E-state index in [1.165, 1.54) is 0 Å². The number of hydrogen-bond donors (Lipinski definition) is 0. The van der Waals surface area contributed by atoms with Crippen LogP contribution in [0.3, 0.4) is 0 Å². The van der Waals surface area contributed by atoms with E-state index in [1.54, 1.807) is 6.07 Å². The van der Waals surface area contributed by atoms with Gasteiger partial charge in [0.05, 0.1) is 18.9 Å². The molecule has 0 bridgehead atoms. The summed E-state index contributed by atoms with van der Waals surface area (Å²) in [5.74, 6) is 2.17. The number of halogens is 1. The molecule has 4 nitrogen and oxygen atoms in total. The summed E-state index contributed by atoms with van der Waals surface area (Å²) in [6.07, 6.45) is 0.739. The van der Waals surface area contributed by atoms with E-state index in [2.05, 4.69) is 9.97 Å². The number of benzene rings is 1. The highest BCUT2D eigenvalue weighted by molar-refractivity contribution is 6.29. The van der Waals surface area contributed by atoms with E-state index in [9.17, 15) is 0 Å². The van der Waals surface area contributed by atoms with Crippen LogP contribution in [-0.4, -0.2) is 23.2 Å². The van der Waals surface area contributed by atoms with E-state index in [0.717, 1.165) is 29.3 Å². The van der Waals surface area contributed by atoms with Crippen LogP contribution in [0.15, 0.2) is 24.3 Å². The summed E-state index contributed by atoms with van der Waals surface area (Å²) >= 11 is 6.05. The molecule has 0 N–H and O–H groups in total. The first-order chi connectivity index (χ1) is 10.2. The molecule has 0 fully saturated rings. The number of aryl methyl sites for hydroxylation is 1. The van der Waals surface area contributed by atoms with E-state index >= 15 is 0 Å². The largest absolute Gasteiger partial charge is 0.490 e. The molecule has 0 radical (unpaired) electrons. The van der Waals surface area contributed by atoms with Crippen LogP contribution in [0, 0.1) is 0 Å². The van der Waals surface area contributed by atoms with Crippen LogP contribution in [0.1, 0.15) is 26.6 Å². The molecule has 1 aromatic carbocycles. The zero-order valence-electron chi connectivity index (χ0n) is 12.5. The van der Waals surface area contributed by atoms with Gasteiger partial charge >= 0.3 is 0 Å². The maximum absolute atomic E-state index is 6.05. The van der Waals surface area contributed by atoms with Crippen molar-refractivity contribution >= 4 is 11.6 Å². The molecule has 1 aromatic heterocycles. The highest BCUT2D eigenvalue weighted by atomic mass is 35.5. The zero-order chi connectivity index (χ0) is 15.2.